The largest absolute Gasteiger partial charge is 0.326 e. The van der Waals surface area contributed by atoms with Gasteiger partial charge in [-0.15, -0.1) is 24.2 Å². The lowest BCUT2D eigenvalue weighted by atomic mass is 10.1. The average Bonchev–Trinajstić information content (AvgIpc) is 2.59. The highest BCUT2D eigenvalue weighted by Gasteiger charge is 2.26. The van der Waals surface area contributed by atoms with Gasteiger partial charge in [-0.3, -0.25) is 4.90 Å². The first-order valence-corrected chi connectivity index (χ1v) is 7.02. The maximum absolute atomic E-state index is 6.02. The van der Waals surface area contributed by atoms with Crippen molar-refractivity contribution in [3.8, 4) is 0 Å². The van der Waals surface area contributed by atoms with E-state index in [-0.39, 0.29) is 12.4 Å². The van der Waals surface area contributed by atoms with Gasteiger partial charge in [-0.05, 0) is 29.9 Å². The van der Waals surface area contributed by atoms with Crippen LogP contribution in [0, 0.1) is 5.92 Å². The monoisotopic (exact) mass is 272 g/mol. The predicted octanol–water partition coefficient (Wildman–Crippen LogP) is 2.61. The van der Waals surface area contributed by atoms with Gasteiger partial charge in [0.2, 0.25) is 0 Å². The molecule has 2 rings (SSSR count). The SMILES string of the molecule is CSc1ccc(CN2CC(C)C(N)C2)cc1.Cl. The molecule has 1 aromatic rings. The molecule has 1 saturated heterocycles. The van der Waals surface area contributed by atoms with E-state index in [1.807, 2.05) is 0 Å². The first kappa shape index (κ1) is 14.8. The molecule has 0 spiro atoms. The highest BCUT2D eigenvalue weighted by Crippen LogP contribution is 2.19. The highest BCUT2D eigenvalue weighted by molar-refractivity contribution is 7.98. The minimum atomic E-state index is 0. The van der Waals surface area contributed by atoms with E-state index in [4.69, 9.17) is 5.73 Å². The molecule has 96 valence electrons. The second-order valence-corrected chi connectivity index (χ2v) is 5.56. The van der Waals surface area contributed by atoms with Crippen LogP contribution in [-0.4, -0.2) is 30.3 Å². The molecule has 2 unspecified atom stereocenters. The third-order valence-electron chi connectivity index (χ3n) is 3.31. The van der Waals surface area contributed by atoms with Gasteiger partial charge in [0, 0.05) is 30.6 Å². The van der Waals surface area contributed by atoms with Gasteiger partial charge < -0.3 is 5.73 Å². The molecular formula is C13H21ClN2S. The van der Waals surface area contributed by atoms with E-state index in [1.54, 1.807) is 11.8 Å². The van der Waals surface area contributed by atoms with Gasteiger partial charge in [0.05, 0.1) is 0 Å². The van der Waals surface area contributed by atoms with Gasteiger partial charge in [-0.25, -0.2) is 0 Å². The zero-order valence-corrected chi connectivity index (χ0v) is 12.1. The Balaban J connectivity index is 0.00000144. The number of thioether (sulfide) groups is 1. The van der Waals surface area contributed by atoms with Crippen molar-refractivity contribution in [2.75, 3.05) is 19.3 Å². The molecule has 0 aliphatic carbocycles. The Labute approximate surface area is 114 Å². The van der Waals surface area contributed by atoms with E-state index in [1.165, 1.54) is 10.5 Å². The maximum atomic E-state index is 6.02. The van der Waals surface area contributed by atoms with Crippen molar-refractivity contribution >= 4 is 24.2 Å². The van der Waals surface area contributed by atoms with Crippen molar-refractivity contribution in [3.05, 3.63) is 29.8 Å². The minimum Gasteiger partial charge on any atom is -0.326 e. The molecule has 2 N–H and O–H groups in total. The molecule has 2 atom stereocenters. The lowest BCUT2D eigenvalue weighted by Gasteiger charge is -2.15. The Kier molecular flexibility index (Phi) is 5.80. The number of nitrogens with zero attached hydrogens (tertiary/aromatic N) is 1. The molecule has 0 amide bonds. The normalized spacial score (nSPS) is 24.6. The summed E-state index contributed by atoms with van der Waals surface area (Å²) in [6, 6.07) is 9.19. The van der Waals surface area contributed by atoms with Gasteiger partial charge in [0.15, 0.2) is 0 Å². The Hall–Kier alpha value is -0.220. The molecule has 0 saturated carbocycles. The number of nitrogens with two attached hydrogens (primary N) is 1. The summed E-state index contributed by atoms with van der Waals surface area (Å²) in [5.41, 5.74) is 7.41. The lowest BCUT2D eigenvalue weighted by Crippen LogP contribution is -2.28. The first-order chi connectivity index (χ1) is 7.69. The van der Waals surface area contributed by atoms with Crippen LogP contribution in [0.2, 0.25) is 0 Å². The van der Waals surface area contributed by atoms with Crippen LogP contribution >= 0.6 is 24.2 Å². The van der Waals surface area contributed by atoms with Crippen LogP contribution in [0.4, 0.5) is 0 Å². The number of benzene rings is 1. The summed E-state index contributed by atoms with van der Waals surface area (Å²) in [4.78, 5) is 3.78. The van der Waals surface area contributed by atoms with Crippen LogP contribution in [0.15, 0.2) is 29.2 Å². The topological polar surface area (TPSA) is 29.3 Å². The third-order valence-corrected chi connectivity index (χ3v) is 4.05. The zero-order valence-electron chi connectivity index (χ0n) is 10.4. The van der Waals surface area contributed by atoms with Crippen LogP contribution < -0.4 is 5.73 Å². The highest BCUT2D eigenvalue weighted by atomic mass is 35.5. The summed E-state index contributed by atoms with van der Waals surface area (Å²) in [6.45, 7) is 5.44. The summed E-state index contributed by atoms with van der Waals surface area (Å²) in [7, 11) is 0. The molecule has 1 aliphatic heterocycles. The van der Waals surface area contributed by atoms with Crippen molar-refractivity contribution in [2.45, 2.75) is 24.4 Å². The van der Waals surface area contributed by atoms with Crippen LogP contribution in [0.5, 0.6) is 0 Å². The fourth-order valence-electron chi connectivity index (χ4n) is 2.21. The van der Waals surface area contributed by atoms with Crippen molar-refractivity contribution in [3.63, 3.8) is 0 Å². The summed E-state index contributed by atoms with van der Waals surface area (Å²) < 4.78 is 0. The van der Waals surface area contributed by atoms with Crippen molar-refractivity contribution in [1.82, 2.24) is 4.90 Å². The maximum Gasteiger partial charge on any atom is 0.0234 e. The Morgan fingerprint density at radius 3 is 2.41 bits per heavy atom. The summed E-state index contributed by atoms with van der Waals surface area (Å²) >= 11 is 1.79. The quantitative estimate of drug-likeness (QED) is 0.858. The lowest BCUT2D eigenvalue weighted by molar-refractivity contribution is 0.319. The fraction of sp³-hybridized carbons (Fsp3) is 0.538. The molecule has 0 aromatic heterocycles. The van der Waals surface area contributed by atoms with Crippen LogP contribution in [0.25, 0.3) is 0 Å². The summed E-state index contributed by atoms with van der Waals surface area (Å²) in [6.07, 6.45) is 2.11. The van der Waals surface area contributed by atoms with Gasteiger partial charge in [-0.2, -0.15) is 0 Å². The molecule has 1 fully saturated rings. The standard InChI is InChI=1S/C13H20N2S.ClH/c1-10-7-15(9-13(10)14)8-11-3-5-12(16-2)6-4-11;/h3-6,10,13H,7-9,14H2,1-2H3;1H. The Morgan fingerprint density at radius 1 is 1.29 bits per heavy atom. The molecule has 1 aromatic carbocycles. The van der Waals surface area contributed by atoms with E-state index in [9.17, 15) is 0 Å². The smallest absolute Gasteiger partial charge is 0.0234 e. The van der Waals surface area contributed by atoms with Crippen LogP contribution in [0.1, 0.15) is 12.5 Å². The minimum absolute atomic E-state index is 0. The predicted molar refractivity (Wildman–Crippen MR) is 77.9 cm³/mol. The van der Waals surface area contributed by atoms with E-state index in [0.717, 1.165) is 19.6 Å². The number of halogens is 1. The summed E-state index contributed by atoms with van der Waals surface area (Å²) in [5, 5.41) is 0. The number of hydrogen-bond acceptors (Lipinski definition) is 3. The third kappa shape index (κ3) is 3.88. The van der Waals surface area contributed by atoms with Crippen molar-refractivity contribution < 1.29 is 0 Å². The van der Waals surface area contributed by atoms with Crippen LogP contribution in [0.3, 0.4) is 0 Å². The van der Waals surface area contributed by atoms with Crippen molar-refractivity contribution in [2.24, 2.45) is 11.7 Å². The van der Waals surface area contributed by atoms with Gasteiger partial charge in [0.25, 0.3) is 0 Å². The van der Waals surface area contributed by atoms with E-state index in [0.29, 0.717) is 12.0 Å². The molecule has 1 heterocycles. The van der Waals surface area contributed by atoms with Crippen LogP contribution in [-0.2, 0) is 6.54 Å². The molecule has 17 heavy (non-hydrogen) atoms. The molecule has 0 bridgehead atoms. The molecular weight excluding hydrogens is 252 g/mol. The Morgan fingerprint density at radius 2 is 1.94 bits per heavy atom. The van der Waals surface area contributed by atoms with Crippen molar-refractivity contribution in [1.29, 1.82) is 0 Å². The van der Waals surface area contributed by atoms with Gasteiger partial charge >= 0.3 is 0 Å². The molecule has 4 heteroatoms. The second-order valence-electron chi connectivity index (χ2n) is 4.68. The first-order valence-electron chi connectivity index (χ1n) is 5.80. The number of likely N-dealkylation sites (tertiary alicyclic amines) is 1. The summed E-state index contributed by atoms with van der Waals surface area (Å²) in [5.74, 6) is 0.630. The molecule has 2 nitrogen and oxygen atoms in total. The number of rotatable bonds is 3. The average molecular weight is 273 g/mol. The Bertz CT molecular complexity index is 332. The second kappa shape index (κ2) is 6.64. The molecule has 1 aliphatic rings. The number of hydrogen-bond donors (Lipinski definition) is 1. The fourth-order valence-corrected chi connectivity index (χ4v) is 2.62. The van der Waals surface area contributed by atoms with Gasteiger partial charge in [-0.1, -0.05) is 19.1 Å². The van der Waals surface area contributed by atoms with Gasteiger partial charge in [0.1, 0.15) is 0 Å². The molecule has 0 radical (unpaired) electrons. The zero-order chi connectivity index (χ0) is 11.5. The van der Waals surface area contributed by atoms with E-state index >= 15 is 0 Å². The van der Waals surface area contributed by atoms with E-state index in [2.05, 4.69) is 42.3 Å². The van der Waals surface area contributed by atoms with E-state index < -0.39 is 0 Å².